The number of para-hydroxylation sites is 1. The summed E-state index contributed by atoms with van der Waals surface area (Å²) in [5.74, 6) is -1.82. The third-order valence-corrected chi connectivity index (χ3v) is 4.05. The van der Waals surface area contributed by atoms with Gasteiger partial charge in [0.15, 0.2) is 0 Å². The number of benzene rings is 2. The van der Waals surface area contributed by atoms with Gasteiger partial charge in [-0.3, -0.25) is 10.2 Å². The molecule has 0 radical (unpaired) electrons. The van der Waals surface area contributed by atoms with Crippen molar-refractivity contribution < 1.29 is 14.7 Å². The van der Waals surface area contributed by atoms with Crippen molar-refractivity contribution in [1.82, 2.24) is 10.3 Å². The zero-order chi connectivity index (χ0) is 18.7. The van der Waals surface area contributed by atoms with Gasteiger partial charge in [0.2, 0.25) is 0 Å². The topological polar surface area (TPSA) is 132 Å². The number of carbonyl (C=O) groups excluding carboxylic acids is 1. The molecule has 26 heavy (non-hydrogen) atoms. The number of aromatic nitrogens is 1. The summed E-state index contributed by atoms with van der Waals surface area (Å²) in [6.45, 7) is 0. The van der Waals surface area contributed by atoms with E-state index < -0.39 is 17.9 Å². The molecule has 132 valence electrons. The van der Waals surface area contributed by atoms with Crippen LogP contribution < -0.4 is 11.1 Å². The predicted molar refractivity (Wildman–Crippen MR) is 98.4 cm³/mol. The van der Waals surface area contributed by atoms with Crippen molar-refractivity contribution in [3.05, 3.63) is 71.4 Å². The maximum absolute atomic E-state index is 12.4. The molecule has 3 aromatic rings. The minimum absolute atomic E-state index is 0.127. The van der Waals surface area contributed by atoms with Crippen LogP contribution in [-0.2, 0) is 11.2 Å². The highest BCUT2D eigenvalue weighted by Gasteiger charge is 2.22. The lowest BCUT2D eigenvalue weighted by molar-refractivity contribution is -0.139. The second kappa shape index (κ2) is 7.10. The molecule has 2 aromatic carbocycles. The van der Waals surface area contributed by atoms with Crippen LogP contribution in [0.3, 0.4) is 0 Å². The number of carboxylic acid groups (broad SMARTS) is 1. The van der Waals surface area contributed by atoms with Crippen molar-refractivity contribution in [1.29, 1.82) is 5.41 Å². The van der Waals surface area contributed by atoms with Crippen molar-refractivity contribution in [2.45, 2.75) is 12.5 Å². The van der Waals surface area contributed by atoms with E-state index in [0.717, 1.165) is 16.6 Å². The Bertz CT molecular complexity index is 960. The Morgan fingerprint density at radius 3 is 2.54 bits per heavy atom. The molecular weight excluding hydrogens is 332 g/mol. The molecule has 0 aliphatic rings. The lowest BCUT2D eigenvalue weighted by Gasteiger charge is -2.14. The van der Waals surface area contributed by atoms with Crippen molar-refractivity contribution in [2.75, 3.05) is 0 Å². The first-order chi connectivity index (χ1) is 12.4. The first kappa shape index (κ1) is 17.2. The van der Waals surface area contributed by atoms with Crippen LogP contribution in [0.25, 0.3) is 10.9 Å². The summed E-state index contributed by atoms with van der Waals surface area (Å²) >= 11 is 0. The summed E-state index contributed by atoms with van der Waals surface area (Å²) in [4.78, 5) is 27.1. The van der Waals surface area contributed by atoms with E-state index in [4.69, 9.17) is 11.1 Å². The van der Waals surface area contributed by atoms with Gasteiger partial charge in [-0.1, -0.05) is 30.3 Å². The largest absolute Gasteiger partial charge is 0.480 e. The highest BCUT2D eigenvalue weighted by atomic mass is 16.4. The average molecular weight is 350 g/mol. The molecule has 6 N–H and O–H groups in total. The van der Waals surface area contributed by atoms with Crippen molar-refractivity contribution >= 4 is 28.6 Å². The van der Waals surface area contributed by atoms with Crippen LogP contribution >= 0.6 is 0 Å². The van der Waals surface area contributed by atoms with E-state index in [2.05, 4.69) is 10.3 Å². The number of amidine groups is 1. The lowest BCUT2D eigenvalue weighted by atomic mass is 10.1. The second-order valence-electron chi connectivity index (χ2n) is 5.94. The Balaban J connectivity index is 1.78. The van der Waals surface area contributed by atoms with Gasteiger partial charge in [-0.05, 0) is 29.7 Å². The molecule has 7 heteroatoms. The fourth-order valence-electron chi connectivity index (χ4n) is 2.73. The van der Waals surface area contributed by atoms with Crippen molar-refractivity contribution in [3.8, 4) is 0 Å². The molecule has 0 unspecified atom stereocenters. The van der Waals surface area contributed by atoms with Crippen molar-refractivity contribution in [2.24, 2.45) is 5.73 Å². The third-order valence-electron chi connectivity index (χ3n) is 4.05. The maximum Gasteiger partial charge on any atom is 0.326 e. The third kappa shape index (κ3) is 3.72. The Morgan fingerprint density at radius 2 is 1.85 bits per heavy atom. The smallest absolute Gasteiger partial charge is 0.326 e. The molecule has 0 aliphatic carbocycles. The Kier molecular flexibility index (Phi) is 4.70. The monoisotopic (exact) mass is 350 g/mol. The molecule has 1 aromatic heterocycles. The van der Waals surface area contributed by atoms with E-state index in [1.807, 2.05) is 30.3 Å². The predicted octanol–water partition coefficient (Wildman–Crippen LogP) is 1.88. The molecule has 0 saturated heterocycles. The van der Waals surface area contributed by atoms with Gasteiger partial charge in [-0.2, -0.15) is 0 Å². The number of hydrogen-bond acceptors (Lipinski definition) is 3. The highest BCUT2D eigenvalue weighted by Crippen LogP contribution is 2.16. The van der Waals surface area contributed by atoms with Crippen molar-refractivity contribution in [3.63, 3.8) is 0 Å². The fourth-order valence-corrected chi connectivity index (χ4v) is 2.73. The number of amides is 1. The molecule has 0 spiro atoms. The fraction of sp³-hybridized carbons (Fsp3) is 0.105. The molecule has 0 saturated carbocycles. The summed E-state index contributed by atoms with van der Waals surface area (Å²) in [6.07, 6.45) is 0.127. The van der Waals surface area contributed by atoms with Crippen LogP contribution in [0.1, 0.15) is 21.6 Å². The molecule has 0 aliphatic heterocycles. The van der Waals surface area contributed by atoms with E-state index >= 15 is 0 Å². The van der Waals surface area contributed by atoms with E-state index in [9.17, 15) is 14.7 Å². The standard InChI is InChI=1S/C19H18N4O3/c20-17(21)12-5-3-6-13(8-12)18(24)23-16(19(25)26)10-14-9-11-4-1-2-7-15(11)22-14/h1-9,16,22H,10H2,(H3,20,21)(H,23,24)(H,25,26)/t16-/m1/s1. The zero-order valence-electron chi connectivity index (χ0n) is 13.8. The molecule has 1 atom stereocenters. The summed E-state index contributed by atoms with van der Waals surface area (Å²) in [7, 11) is 0. The number of H-pyrrole nitrogens is 1. The minimum atomic E-state index is -1.13. The van der Waals surface area contributed by atoms with Gasteiger partial charge in [0.25, 0.3) is 5.91 Å². The van der Waals surface area contributed by atoms with Gasteiger partial charge in [0, 0.05) is 28.8 Å². The molecular formula is C19H18N4O3. The van der Waals surface area contributed by atoms with Gasteiger partial charge < -0.3 is 21.1 Å². The average Bonchev–Trinajstić information content (AvgIpc) is 3.03. The number of nitrogen functional groups attached to an aromatic ring is 1. The highest BCUT2D eigenvalue weighted by molar-refractivity contribution is 6.01. The lowest BCUT2D eigenvalue weighted by Crippen LogP contribution is -2.42. The van der Waals surface area contributed by atoms with Crippen LogP contribution in [0.5, 0.6) is 0 Å². The van der Waals surface area contributed by atoms with E-state index in [-0.39, 0.29) is 17.8 Å². The number of carbonyl (C=O) groups is 2. The van der Waals surface area contributed by atoms with Gasteiger partial charge in [-0.25, -0.2) is 4.79 Å². The number of rotatable bonds is 6. The van der Waals surface area contributed by atoms with Gasteiger partial charge >= 0.3 is 5.97 Å². The maximum atomic E-state index is 12.4. The second-order valence-corrected chi connectivity index (χ2v) is 5.94. The number of carboxylic acids is 1. The first-order valence-corrected chi connectivity index (χ1v) is 7.99. The number of aliphatic carboxylic acids is 1. The first-order valence-electron chi connectivity index (χ1n) is 7.99. The Morgan fingerprint density at radius 1 is 1.12 bits per heavy atom. The summed E-state index contributed by atoms with van der Waals surface area (Å²) in [6, 6.07) is 14.6. The van der Waals surface area contributed by atoms with Gasteiger partial charge in [0.1, 0.15) is 11.9 Å². The molecule has 0 fully saturated rings. The van der Waals surface area contributed by atoms with E-state index in [0.29, 0.717) is 5.56 Å². The summed E-state index contributed by atoms with van der Waals surface area (Å²) in [5, 5.41) is 20.4. The van der Waals surface area contributed by atoms with Gasteiger partial charge in [0.05, 0.1) is 0 Å². The van der Waals surface area contributed by atoms with Crippen LogP contribution in [0, 0.1) is 5.41 Å². The molecule has 7 nitrogen and oxygen atoms in total. The number of aromatic amines is 1. The van der Waals surface area contributed by atoms with Crippen LogP contribution in [-0.4, -0.2) is 33.8 Å². The van der Waals surface area contributed by atoms with E-state index in [1.165, 1.54) is 6.07 Å². The number of nitrogens with one attached hydrogen (secondary N) is 3. The SMILES string of the molecule is N=C(N)c1cccc(C(=O)N[C@H](Cc2cc3ccccc3[nH]2)C(=O)O)c1. The molecule has 0 bridgehead atoms. The molecule has 3 rings (SSSR count). The zero-order valence-corrected chi connectivity index (χ0v) is 13.8. The van der Waals surface area contributed by atoms with Crippen LogP contribution in [0.15, 0.2) is 54.6 Å². The number of hydrogen-bond donors (Lipinski definition) is 5. The minimum Gasteiger partial charge on any atom is -0.480 e. The molecule has 1 amide bonds. The Labute approximate surface area is 149 Å². The van der Waals surface area contributed by atoms with E-state index in [1.54, 1.807) is 18.2 Å². The van der Waals surface area contributed by atoms with Crippen LogP contribution in [0.4, 0.5) is 0 Å². The Hall–Kier alpha value is -3.61. The summed E-state index contributed by atoms with van der Waals surface area (Å²) < 4.78 is 0. The normalized spacial score (nSPS) is 11.8. The number of nitrogens with two attached hydrogens (primary N) is 1. The number of fused-ring (bicyclic) bond motifs is 1. The van der Waals surface area contributed by atoms with Crippen LogP contribution in [0.2, 0.25) is 0 Å². The quantitative estimate of drug-likeness (QED) is 0.343. The molecule has 1 heterocycles. The summed E-state index contributed by atoms with van der Waals surface area (Å²) in [5.41, 5.74) is 7.71. The van der Waals surface area contributed by atoms with Gasteiger partial charge in [-0.15, -0.1) is 0 Å².